The molecule has 1 rings (SSSR count). The van der Waals surface area contributed by atoms with Gasteiger partial charge in [0.15, 0.2) is 0 Å². The maximum atomic E-state index is 12.0. The summed E-state index contributed by atoms with van der Waals surface area (Å²) >= 11 is 5.53. The summed E-state index contributed by atoms with van der Waals surface area (Å²) < 4.78 is 24.0. The number of nitriles is 1. The molecule has 9 heteroatoms. The summed E-state index contributed by atoms with van der Waals surface area (Å²) in [6.07, 6.45) is 0.991. The molecular formula is C10H10ClN3O4S. The third-order valence-electron chi connectivity index (χ3n) is 2.22. The van der Waals surface area contributed by atoms with Crippen molar-refractivity contribution >= 4 is 27.1 Å². The first-order valence-electron chi connectivity index (χ1n) is 5.15. The molecule has 0 spiro atoms. The lowest BCUT2D eigenvalue weighted by molar-refractivity contribution is -0.388. The number of alkyl halides is 1. The Morgan fingerprint density at radius 3 is 2.74 bits per heavy atom. The SMILES string of the molecule is CC(CCl)CS(=O)(=O)c1ncc(C#N)cc1[N+](=O)[O-]. The molecule has 0 aromatic carbocycles. The molecule has 0 fully saturated rings. The van der Waals surface area contributed by atoms with E-state index in [0.717, 1.165) is 12.3 Å². The highest BCUT2D eigenvalue weighted by molar-refractivity contribution is 7.91. The maximum absolute atomic E-state index is 12.0. The average molecular weight is 304 g/mol. The van der Waals surface area contributed by atoms with Gasteiger partial charge in [-0.15, -0.1) is 11.6 Å². The van der Waals surface area contributed by atoms with Crippen LogP contribution < -0.4 is 0 Å². The van der Waals surface area contributed by atoms with Crippen molar-refractivity contribution in [3.8, 4) is 6.07 Å². The molecule has 0 saturated carbocycles. The molecule has 1 atom stereocenters. The fourth-order valence-electron chi connectivity index (χ4n) is 1.37. The highest BCUT2D eigenvalue weighted by atomic mass is 35.5. The Morgan fingerprint density at radius 1 is 1.63 bits per heavy atom. The van der Waals surface area contributed by atoms with E-state index in [1.165, 1.54) is 0 Å². The van der Waals surface area contributed by atoms with Crippen LogP contribution in [-0.4, -0.2) is 30.0 Å². The Balaban J connectivity index is 3.35. The van der Waals surface area contributed by atoms with E-state index in [0.29, 0.717) is 0 Å². The number of halogens is 1. The number of pyridine rings is 1. The zero-order valence-corrected chi connectivity index (χ0v) is 11.5. The molecule has 102 valence electrons. The van der Waals surface area contributed by atoms with E-state index < -0.39 is 25.5 Å². The Labute approximate surface area is 114 Å². The summed E-state index contributed by atoms with van der Waals surface area (Å²) in [4.78, 5) is 13.5. The van der Waals surface area contributed by atoms with Crippen LogP contribution in [-0.2, 0) is 9.84 Å². The second kappa shape index (κ2) is 5.95. The lowest BCUT2D eigenvalue weighted by Gasteiger charge is -2.08. The van der Waals surface area contributed by atoms with Crippen LogP contribution in [0.25, 0.3) is 0 Å². The predicted molar refractivity (Wildman–Crippen MR) is 67.5 cm³/mol. The van der Waals surface area contributed by atoms with Gasteiger partial charge in [0.25, 0.3) is 0 Å². The van der Waals surface area contributed by atoms with Crippen LogP contribution in [0, 0.1) is 27.4 Å². The van der Waals surface area contributed by atoms with Gasteiger partial charge >= 0.3 is 5.69 Å². The molecule has 0 aliphatic carbocycles. The third-order valence-corrected chi connectivity index (χ3v) is 4.66. The molecule has 0 aliphatic rings. The minimum absolute atomic E-state index is 0.0731. The Morgan fingerprint density at radius 2 is 2.26 bits per heavy atom. The van der Waals surface area contributed by atoms with Crippen LogP contribution in [0.3, 0.4) is 0 Å². The number of rotatable bonds is 5. The van der Waals surface area contributed by atoms with Gasteiger partial charge in [-0.25, -0.2) is 13.4 Å². The number of hydrogen-bond donors (Lipinski definition) is 0. The zero-order chi connectivity index (χ0) is 14.6. The highest BCUT2D eigenvalue weighted by Crippen LogP contribution is 2.24. The quantitative estimate of drug-likeness (QED) is 0.462. The summed E-state index contributed by atoms with van der Waals surface area (Å²) in [7, 11) is -3.92. The number of aromatic nitrogens is 1. The Hall–Kier alpha value is -1.72. The van der Waals surface area contributed by atoms with Gasteiger partial charge in [0.05, 0.1) is 16.2 Å². The molecule has 0 aliphatic heterocycles. The van der Waals surface area contributed by atoms with E-state index in [4.69, 9.17) is 16.9 Å². The standard InChI is InChI=1S/C10H10ClN3O4S/c1-7(3-11)6-19(17,18)10-9(14(15)16)2-8(4-12)5-13-10/h2,5,7H,3,6H2,1H3. The molecule has 19 heavy (non-hydrogen) atoms. The van der Waals surface area contributed by atoms with E-state index in [1.54, 1.807) is 13.0 Å². The molecule has 0 saturated heterocycles. The van der Waals surface area contributed by atoms with Crippen molar-refractivity contribution < 1.29 is 13.3 Å². The lowest BCUT2D eigenvalue weighted by Crippen LogP contribution is -2.17. The van der Waals surface area contributed by atoms with Crippen molar-refractivity contribution in [2.24, 2.45) is 5.92 Å². The minimum Gasteiger partial charge on any atom is -0.258 e. The van der Waals surface area contributed by atoms with Crippen molar-refractivity contribution in [3.63, 3.8) is 0 Å². The summed E-state index contributed by atoms with van der Waals surface area (Å²) in [6, 6.07) is 2.56. The van der Waals surface area contributed by atoms with E-state index in [2.05, 4.69) is 4.98 Å². The van der Waals surface area contributed by atoms with E-state index >= 15 is 0 Å². The van der Waals surface area contributed by atoms with Crippen molar-refractivity contribution in [1.29, 1.82) is 5.26 Å². The van der Waals surface area contributed by atoms with Crippen molar-refractivity contribution in [2.75, 3.05) is 11.6 Å². The van der Waals surface area contributed by atoms with Crippen LogP contribution in [0.4, 0.5) is 5.69 Å². The van der Waals surface area contributed by atoms with Crippen molar-refractivity contribution in [3.05, 3.63) is 27.9 Å². The van der Waals surface area contributed by atoms with E-state index in [-0.39, 0.29) is 23.1 Å². The average Bonchev–Trinajstić information content (AvgIpc) is 2.37. The van der Waals surface area contributed by atoms with Crippen molar-refractivity contribution in [2.45, 2.75) is 11.9 Å². The number of nitro groups is 1. The molecule has 1 unspecified atom stereocenters. The van der Waals surface area contributed by atoms with Gasteiger partial charge in [0, 0.05) is 18.1 Å². The maximum Gasteiger partial charge on any atom is 0.307 e. The van der Waals surface area contributed by atoms with Gasteiger partial charge in [-0.1, -0.05) is 6.92 Å². The molecular weight excluding hydrogens is 294 g/mol. The number of hydrogen-bond acceptors (Lipinski definition) is 6. The first-order valence-corrected chi connectivity index (χ1v) is 7.33. The zero-order valence-electron chi connectivity index (χ0n) is 9.91. The van der Waals surface area contributed by atoms with E-state index in [1.807, 2.05) is 0 Å². The fraction of sp³-hybridized carbons (Fsp3) is 0.400. The number of nitrogens with zero attached hydrogens (tertiary/aromatic N) is 3. The van der Waals surface area contributed by atoms with Gasteiger partial charge in [-0.2, -0.15) is 5.26 Å². The molecule has 0 amide bonds. The lowest BCUT2D eigenvalue weighted by atomic mass is 10.3. The first-order chi connectivity index (χ1) is 8.81. The fourth-order valence-corrected chi connectivity index (χ4v) is 3.30. The molecule has 0 radical (unpaired) electrons. The molecule has 1 heterocycles. The van der Waals surface area contributed by atoms with Crippen LogP contribution in [0.2, 0.25) is 0 Å². The summed E-state index contributed by atoms with van der Waals surface area (Å²) in [5.41, 5.74) is -0.767. The minimum atomic E-state index is -3.92. The summed E-state index contributed by atoms with van der Waals surface area (Å²) in [5.74, 6) is -0.580. The highest BCUT2D eigenvalue weighted by Gasteiger charge is 2.29. The van der Waals surface area contributed by atoms with Crippen LogP contribution in [0.1, 0.15) is 12.5 Å². The molecule has 7 nitrogen and oxygen atoms in total. The number of sulfone groups is 1. The normalized spacial score (nSPS) is 12.7. The predicted octanol–water partition coefficient (Wildman–Crippen LogP) is 1.51. The van der Waals surface area contributed by atoms with Crippen LogP contribution >= 0.6 is 11.6 Å². The smallest absolute Gasteiger partial charge is 0.258 e. The second-order valence-electron chi connectivity index (χ2n) is 3.96. The third kappa shape index (κ3) is 3.62. The Bertz CT molecular complexity index is 639. The molecule has 1 aromatic rings. The molecule has 0 bridgehead atoms. The first kappa shape index (κ1) is 15.3. The van der Waals surface area contributed by atoms with Crippen molar-refractivity contribution in [1.82, 2.24) is 4.98 Å². The second-order valence-corrected chi connectivity index (χ2v) is 6.22. The van der Waals surface area contributed by atoms with Gasteiger partial charge in [0.1, 0.15) is 6.07 Å². The monoisotopic (exact) mass is 303 g/mol. The molecule has 0 N–H and O–H groups in total. The van der Waals surface area contributed by atoms with Gasteiger partial charge in [-0.3, -0.25) is 10.1 Å². The van der Waals surface area contributed by atoms with Gasteiger partial charge in [0.2, 0.25) is 14.9 Å². The van der Waals surface area contributed by atoms with Crippen LogP contribution in [0.5, 0.6) is 0 Å². The summed E-state index contributed by atoms with van der Waals surface area (Å²) in [6.45, 7) is 1.61. The van der Waals surface area contributed by atoms with Gasteiger partial charge in [-0.05, 0) is 5.92 Å². The Kier molecular flexibility index (Phi) is 4.80. The molecule has 1 aromatic heterocycles. The van der Waals surface area contributed by atoms with E-state index in [9.17, 15) is 18.5 Å². The van der Waals surface area contributed by atoms with Gasteiger partial charge < -0.3 is 0 Å². The topological polar surface area (TPSA) is 114 Å². The summed E-state index contributed by atoms with van der Waals surface area (Å²) in [5, 5.41) is 18.9. The van der Waals surface area contributed by atoms with Crippen LogP contribution in [0.15, 0.2) is 17.3 Å². The largest absolute Gasteiger partial charge is 0.307 e.